The van der Waals surface area contributed by atoms with E-state index in [1.807, 2.05) is 6.07 Å². The van der Waals surface area contributed by atoms with Crippen molar-refractivity contribution in [3.05, 3.63) is 64.2 Å². The predicted octanol–water partition coefficient (Wildman–Crippen LogP) is 2.94. The molecule has 110 valence electrons. The van der Waals surface area contributed by atoms with Crippen molar-refractivity contribution in [3.63, 3.8) is 0 Å². The lowest BCUT2D eigenvalue weighted by atomic mass is 10.2. The second-order valence-corrected chi connectivity index (χ2v) is 4.19. The van der Waals surface area contributed by atoms with Gasteiger partial charge in [0, 0.05) is 12.1 Å². The van der Waals surface area contributed by atoms with Crippen LogP contribution >= 0.6 is 0 Å². The quantitative estimate of drug-likeness (QED) is 0.501. The van der Waals surface area contributed by atoms with Crippen molar-refractivity contribution >= 4 is 17.6 Å². The Morgan fingerprint density at radius 3 is 2.50 bits per heavy atom. The van der Waals surface area contributed by atoms with Crippen molar-refractivity contribution in [2.24, 2.45) is 5.10 Å². The van der Waals surface area contributed by atoms with Gasteiger partial charge in [-0.25, -0.2) is 0 Å². The van der Waals surface area contributed by atoms with Gasteiger partial charge < -0.3 is 4.74 Å². The van der Waals surface area contributed by atoms with Gasteiger partial charge in [-0.05, 0) is 42.0 Å². The summed E-state index contributed by atoms with van der Waals surface area (Å²) in [6, 6.07) is 14.9. The number of rotatable bonds is 6. The molecular weight excluding hydrogens is 284 g/mol. The SMILES string of the molecule is N#CCOc1ccc(/C=N\Nc2ccc([N+](=O)[O-])cc2)cc1. The van der Waals surface area contributed by atoms with Gasteiger partial charge >= 0.3 is 0 Å². The van der Waals surface area contributed by atoms with E-state index in [1.165, 1.54) is 12.1 Å². The summed E-state index contributed by atoms with van der Waals surface area (Å²) in [5, 5.41) is 23.0. The van der Waals surface area contributed by atoms with Gasteiger partial charge in [-0.3, -0.25) is 15.5 Å². The van der Waals surface area contributed by atoms with Gasteiger partial charge in [0.25, 0.3) is 5.69 Å². The molecule has 0 atom stereocenters. The van der Waals surface area contributed by atoms with E-state index in [0.717, 1.165) is 5.56 Å². The first-order valence-electron chi connectivity index (χ1n) is 6.32. The maximum absolute atomic E-state index is 10.5. The molecule has 0 amide bonds. The number of nitrogens with zero attached hydrogens (tertiary/aromatic N) is 3. The maximum atomic E-state index is 10.5. The largest absolute Gasteiger partial charge is 0.479 e. The van der Waals surface area contributed by atoms with E-state index in [0.29, 0.717) is 11.4 Å². The number of hydrazone groups is 1. The summed E-state index contributed by atoms with van der Waals surface area (Å²) in [6.45, 7) is 0.00906. The highest BCUT2D eigenvalue weighted by atomic mass is 16.6. The second kappa shape index (κ2) is 7.40. The van der Waals surface area contributed by atoms with Gasteiger partial charge in [0.1, 0.15) is 11.8 Å². The third kappa shape index (κ3) is 4.31. The van der Waals surface area contributed by atoms with Crippen LogP contribution in [0.4, 0.5) is 11.4 Å². The molecule has 0 aliphatic heterocycles. The zero-order valence-corrected chi connectivity index (χ0v) is 11.5. The van der Waals surface area contributed by atoms with Crippen LogP contribution in [0.2, 0.25) is 0 Å². The standard InChI is InChI=1S/C15H12N4O3/c16-9-10-22-15-7-1-12(2-8-15)11-17-18-13-3-5-14(6-4-13)19(20)21/h1-8,11,18H,10H2/b17-11-. The molecule has 0 aliphatic rings. The number of nitrogens with one attached hydrogen (secondary N) is 1. The molecule has 0 bridgehead atoms. The Kier molecular flexibility index (Phi) is 5.04. The molecule has 1 N–H and O–H groups in total. The molecule has 0 heterocycles. The summed E-state index contributed by atoms with van der Waals surface area (Å²) in [5.74, 6) is 0.613. The second-order valence-electron chi connectivity index (χ2n) is 4.19. The number of non-ortho nitro benzene ring substituents is 1. The van der Waals surface area contributed by atoms with E-state index in [2.05, 4.69) is 10.5 Å². The average molecular weight is 296 g/mol. The van der Waals surface area contributed by atoms with Crippen molar-refractivity contribution < 1.29 is 9.66 Å². The third-order valence-electron chi connectivity index (χ3n) is 2.67. The molecule has 0 fully saturated rings. The van der Waals surface area contributed by atoms with Crippen molar-refractivity contribution in [3.8, 4) is 11.8 Å². The number of nitriles is 1. The number of hydrogen-bond acceptors (Lipinski definition) is 6. The normalized spacial score (nSPS) is 10.1. The zero-order chi connectivity index (χ0) is 15.8. The summed E-state index contributed by atoms with van der Waals surface area (Å²) in [7, 11) is 0. The summed E-state index contributed by atoms with van der Waals surface area (Å²) >= 11 is 0. The van der Waals surface area contributed by atoms with Crippen molar-refractivity contribution in [1.82, 2.24) is 0 Å². The number of benzene rings is 2. The van der Waals surface area contributed by atoms with Crippen LogP contribution in [0.5, 0.6) is 5.75 Å². The lowest BCUT2D eigenvalue weighted by Gasteiger charge is -2.01. The Morgan fingerprint density at radius 1 is 1.23 bits per heavy atom. The van der Waals surface area contributed by atoms with Crippen LogP contribution in [0.25, 0.3) is 0 Å². The van der Waals surface area contributed by atoms with E-state index >= 15 is 0 Å². The first-order valence-corrected chi connectivity index (χ1v) is 6.32. The topological polar surface area (TPSA) is 101 Å². The molecule has 0 saturated carbocycles. The van der Waals surface area contributed by atoms with E-state index < -0.39 is 4.92 Å². The summed E-state index contributed by atoms with van der Waals surface area (Å²) in [4.78, 5) is 10.1. The molecule has 7 nitrogen and oxygen atoms in total. The summed E-state index contributed by atoms with van der Waals surface area (Å²) in [5.41, 5.74) is 4.31. The predicted molar refractivity (Wildman–Crippen MR) is 81.9 cm³/mol. The minimum atomic E-state index is -0.455. The first kappa shape index (κ1) is 15.0. The van der Waals surface area contributed by atoms with Crippen LogP contribution in [-0.4, -0.2) is 17.7 Å². The van der Waals surface area contributed by atoms with Crippen LogP contribution < -0.4 is 10.2 Å². The molecule has 7 heteroatoms. The number of ether oxygens (including phenoxy) is 1. The van der Waals surface area contributed by atoms with Gasteiger partial charge in [-0.15, -0.1) is 0 Å². The van der Waals surface area contributed by atoms with Crippen LogP contribution in [0, 0.1) is 21.4 Å². The molecule has 2 aromatic rings. The van der Waals surface area contributed by atoms with Crippen LogP contribution in [0.15, 0.2) is 53.6 Å². The Labute approximate surface area is 126 Å². The summed E-state index contributed by atoms with van der Waals surface area (Å²) in [6.07, 6.45) is 1.61. The Balaban J connectivity index is 1.91. The molecule has 2 aromatic carbocycles. The fraction of sp³-hybridized carbons (Fsp3) is 0.0667. The van der Waals surface area contributed by atoms with Gasteiger partial charge in [0.2, 0.25) is 0 Å². The number of anilines is 1. The molecule has 0 saturated heterocycles. The van der Waals surface area contributed by atoms with Crippen LogP contribution in [0.1, 0.15) is 5.56 Å². The Morgan fingerprint density at radius 2 is 1.91 bits per heavy atom. The molecule has 0 spiro atoms. The van der Waals surface area contributed by atoms with Crippen molar-refractivity contribution in [2.45, 2.75) is 0 Å². The molecule has 0 aliphatic carbocycles. The lowest BCUT2D eigenvalue weighted by molar-refractivity contribution is -0.384. The van der Waals surface area contributed by atoms with Gasteiger partial charge in [0.15, 0.2) is 6.61 Å². The fourth-order valence-electron chi connectivity index (χ4n) is 1.60. The van der Waals surface area contributed by atoms with E-state index in [1.54, 1.807) is 42.6 Å². The smallest absolute Gasteiger partial charge is 0.269 e. The third-order valence-corrected chi connectivity index (χ3v) is 2.67. The first-order chi connectivity index (χ1) is 10.7. The minimum absolute atomic E-state index is 0.00906. The minimum Gasteiger partial charge on any atom is -0.479 e. The Bertz CT molecular complexity index is 703. The molecule has 0 aromatic heterocycles. The summed E-state index contributed by atoms with van der Waals surface area (Å²) < 4.78 is 5.14. The number of hydrogen-bond donors (Lipinski definition) is 1. The molecule has 0 radical (unpaired) electrons. The van der Waals surface area contributed by atoms with Gasteiger partial charge in [-0.1, -0.05) is 0 Å². The lowest BCUT2D eigenvalue weighted by Crippen LogP contribution is -1.94. The van der Waals surface area contributed by atoms with E-state index in [4.69, 9.17) is 10.00 Å². The van der Waals surface area contributed by atoms with E-state index in [-0.39, 0.29) is 12.3 Å². The highest BCUT2D eigenvalue weighted by Crippen LogP contribution is 2.15. The van der Waals surface area contributed by atoms with Crippen LogP contribution in [0.3, 0.4) is 0 Å². The van der Waals surface area contributed by atoms with Gasteiger partial charge in [-0.2, -0.15) is 10.4 Å². The highest BCUT2D eigenvalue weighted by molar-refractivity contribution is 5.80. The molecule has 22 heavy (non-hydrogen) atoms. The molecule has 0 unspecified atom stereocenters. The number of nitro benzene ring substituents is 1. The highest BCUT2D eigenvalue weighted by Gasteiger charge is 2.02. The Hall–Kier alpha value is -3.40. The monoisotopic (exact) mass is 296 g/mol. The zero-order valence-electron chi connectivity index (χ0n) is 11.5. The van der Waals surface area contributed by atoms with E-state index in [9.17, 15) is 10.1 Å². The molecular formula is C15H12N4O3. The fourth-order valence-corrected chi connectivity index (χ4v) is 1.60. The maximum Gasteiger partial charge on any atom is 0.269 e. The molecule has 2 rings (SSSR count). The number of nitro groups is 1. The van der Waals surface area contributed by atoms with Crippen LogP contribution in [-0.2, 0) is 0 Å². The van der Waals surface area contributed by atoms with Crippen molar-refractivity contribution in [1.29, 1.82) is 5.26 Å². The average Bonchev–Trinajstić information content (AvgIpc) is 2.54. The van der Waals surface area contributed by atoms with Gasteiger partial charge in [0.05, 0.1) is 16.8 Å². The van der Waals surface area contributed by atoms with Crippen molar-refractivity contribution in [2.75, 3.05) is 12.0 Å².